The van der Waals surface area contributed by atoms with Crippen LogP contribution < -0.4 is 9.47 Å². The van der Waals surface area contributed by atoms with Gasteiger partial charge in [-0.2, -0.15) is 0 Å². The molecule has 2 aromatic carbocycles. The van der Waals surface area contributed by atoms with Crippen molar-refractivity contribution in [2.24, 2.45) is 0 Å². The molecular formula is C22H24ClF2NO4. The van der Waals surface area contributed by atoms with Crippen molar-refractivity contribution >= 4 is 11.8 Å². The Hall–Kier alpha value is -1.93. The third-order valence-corrected chi connectivity index (χ3v) is 5.90. The molecule has 2 N–H and O–H groups in total. The van der Waals surface area contributed by atoms with Crippen molar-refractivity contribution in [1.29, 1.82) is 0 Å². The minimum Gasteiger partial charge on any atom is -0.487 e. The molecule has 0 aliphatic carbocycles. The molecule has 2 aliphatic heterocycles. The largest absolute Gasteiger partial charge is 0.487 e. The molecule has 0 saturated carbocycles. The Morgan fingerprint density at radius 2 is 1.30 bits per heavy atom. The number of ether oxygens (including phenoxy) is 2. The van der Waals surface area contributed by atoms with Crippen molar-refractivity contribution in [3.8, 4) is 11.5 Å². The molecule has 2 aromatic rings. The highest BCUT2D eigenvalue weighted by Crippen LogP contribution is 2.31. The van der Waals surface area contributed by atoms with Crippen molar-refractivity contribution in [2.45, 2.75) is 50.1 Å². The van der Waals surface area contributed by atoms with E-state index in [0.717, 1.165) is 11.1 Å². The molecule has 5 nitrogen and oxygen atoms in total. The summed E-state index contributed by atoms with van der Waals surface area (Å²) in [7, 11) is 0. The first-order valence-corrected chi connectivity index (χ1v) is 10.4. The highest BCUT2D eigenvalue weighted by atomic mass is 35.5. The SMILES string of the molecule is O[C@@H](CN(Cl)C[C@H](O)[C@H]1CCc2cc(F)ccc2O1)C1CCc2cc(F)ccc2O1. The first kappa shape index (κ1) is 21.3. The van der Waals surface area contributed by atoms with Crippen LogP contribution in [-0.4, -0.2) is 52.1 Å². The van der Waals surface area contributed by atoms with Crippen LogP contribution in [0.5, 0.6) is 11.5 Å². The number of hydrogen-bond donors (Lipinski definition) is 2. The monoisotopic (exact) mass is 439 g/mol. The van der Waals surface area contributed by atoms with Crippen LogP contribution in [0.3, 0.4) is 0 Å². The molecule has 2 heterocycles. The van der Waals surface area contributed by atoms with E-state index in [0.29, 0.717) is 37.2 Å². The van der Waals surface area contributed by atoms with Crippen LogP contribution in [0.4, 0.5) is 8.78 Å². The van der Waals surface area contributed by atoms with Gasteiger partial charge < -0.3 is 19.7 Å². The molecule has 0 spiro atoms. The third kappa shape index (κ3) is 4.86. The molecule has 2 aliphatic rings. The van der Waals surface area contributed by atoms with Gasteiger partial charge in [0.2, 0.25) is 0 Å². The molecule has 0 saturated heterocycles. The molecule has 162 valence electrons. The second-order valence-corrected chi connectivity index (χ2v) is 8.33. The quantitative estimate of drug-likeness (QED) is 0.677. The summed E-state index contributed by atoms with van der Waals surface area (Å²) in [5.41, 5.74) is 1.57. The van der Waals surface area contributed by atoms with E-state index in [1.165, 1.54) is 28.7 Å². The van der Waals surface area contributed by atoms with Crippen molar-refractivity contribution in [3.63, 3.8) is 0 Å². The first-order valence-electron chi connectivity index (χ1n) is 10.1. The summed E-state index contributed by atoms with van der Waals surface area (Å²) in [4.78, 5) is 0. The van der Waals surface area contributed by atoms with Crippen LogP contribution in [-0.2, 0) is 12.8 Å². The Balaban J connectivity index is 1.28. The van der Waals surface area contributed by atoms with E-state index >= 15 is 0 Å². The van der Waals surface area contributed by atoms with Crippen LogP contribution in [0.2, 0.25) is 0 Å². The summed E-state index contributed by atoms with van der Waals surface area (Å²) in [6.45, 7) is 0.183. The molecule has 0 aromatic heterocycles. The minimum atomic E-state index is -0.871. The molecule has 1 unspecified atom stereocenters. The first-order chi connectivity index (χ1) is 14.4. The zero-order chi connectivity index (χ0) is 21.3. The molecule has 0 radical (unpaired) electrons. The van der Waals surface area contributed by atoms with Gasteiger partial charge in [-0.25, -0.2) is 13.2 Å². The average Bonchev–Trinajstić information content (AvgIpc) is 2.72. The van der Waals surface area contributed by atoms with Gasteiger partial charge in [0, 0.05) is 13.1 Å². The van der Waals surface area contributed by atoms with Gasteiger partial charge in [0.15, 0.2) is 0 Å². The topological polar surface area (TPSA) is 62.2 Å². The van der Waals surface area contributed by atoms with Crippen molar-refractivity contribution in [2.75, 3.05) is 13.1 Å². The summed E-state index contributed by atoms with van der Waals surface area (Å²) >= 11 is 6.25. The Labute approximate surface area is 178 Å². The number of rotatable bonds is 6. The number of fused-ring (bicyclic) bond motifs is 2. The number of aryl methyl sites for hydroxylation is 2. The predicted octanol–water partition coefficient (Wildman–Crippen LogP) is 3.23. The summed E-state index contributed by atoms with van der Waals surface area (Å²) in [5, 5.41) is 21.1. The molecule has 8 heteroatoms. The van der Waals surface area contributed by atoms with Crippen LogP contribution in [0.25, 0.3) is 0 Å². The van der Waals surface area contributed by atoms with E-state index in [9.17, 15) is 19.0 Å². The fourth-order valence-electron chi connectivity index (χ4n) is 4.01. The van der Waals surface area contributed by atoms with Gasteiger partial charge in [0.1, 0.15) is 47.5 Å². The van der Waals surface area contributed by atoms with Crippen molar-refractivity contribution in [1.82, 2.24) is 4.42 Å². The maximum absolute atomic E-state index is 13.3. The lowest BCUT2D eigenvalue weighted by molar-refractivity contribution is -0.00893. The smallest absolute Gasteiger partial charge is 0.126 e. The summed E-state index contributed by atoms with van der Waals surface area (Å²) < 4.78 is 39.6. The van der Waals surface area contributed by atoms with E-state index in [-0.39, 0.29) is 24.7 Å². The second kappa shape index (κ2) is 9.06. The molecule has 0 bridgehead atoms. The van der Waals surface area contributed by atoms with Crippen LogP contribution >= 0.6 is 11.8 Å². The number of aliphatic hydroxyl groups excluding tert-OH is 2. The number of hydrogen-bond acceptors (Lipinski definition) is 5. The van der Waals surface area contributed by atoms with Gasteiger partial charge in [-0.3, -0.25) is 0 Å². The predicted molar refractivity (Wildman–Crippen MR) is 108 cm³/mol. The van der Waals surface area contributed by atoms with Crippen LogP contribution in [0.1, 0.15) is 24.0 Å². The molecular weight excluding hydrogens is 416 g/mol. The minimum absolute atomic E-state index is 0.0916. The number of benzene rings is 2. The lowest BCUT2D eigenvalue weighted by Gasteiger charge is -2.33. The zero-order valence-electron chi connectivity index (χ0n) is 16.3. The normalized spacial score (nSPS) is 22.5. The van der Waals surface area contributed by atoms with Gasteiger partial charge in [-0.15, -0.1) is 0 Å². The number of aliphatic hydroxyl groups is 2. The third-order valence-electron chi connectivity index (χ3n) is 5.63. The fourth-order valence-corrected chi connectivity index (χ4v) is 4.30. The summed E-state index contributed by atoms with van der Waals surface area (Å²) in [6, 6.07) is 8.67. The molecule has 30 heavy (non-hydrogen) atoms. The van der Waals surface area contributed by atoms with Gasteiger partial charge in [0.25, 0.3) is 0 Å². The van der Waals surface area contributed by atoms with Crippen LogP contribution in [0.15, 0.2) is 36.4 Å². The van der Waals surface area contributed by atoms with Crippen molar-refractivity contribution < 1.29 is 28.5 Å². The van der Waals surface area contributed by atoms with E-state index in [1.807, 2.05) is 0 Å². The maximum atomic E-state index is 13.3. The van der Waals surface area contributed by atoms with Crippen LogP contribution in [0, 0.1) is 11.6 Å². The highest BCUT2D eigenvalue weighted by Gasteiger charge is 2.31. The number of halogens is 3. The van der Waals surface area contributed by atoms with E-state index < -0.39 is 24.4 Å². The summed E-state index contributed by atoms with van der Waals surface area (Å²) in [6.07, 6.45) is -0.366. The Morgan fingerprint density at radius 1 is 0.867 bits per heavy atom. The lowest BCUT2D eigenvalue weighted by atomic mass is 9.98. The zero-order valence-corrected chi connectivity index (χ0v) is 17.1. The second-order valence-electron chi connectivity index (χ2n) is 7.86. The molecule has 0 fully saturated rings. The maximum Gasteiger partial charge on any atom is 0.126 e. The van der Waals surface area contributed by atoms with Gasteiger partial charge in [-0.05, 0) is 85.0 Å². The highest BCUT2D eigenvalue weighted by molar-refractivity contribution is 6.13. The molecule has 0 amide bonds. The van der Waals surface area contributed by atoms with E-state index in [4.69, 9.17) is 21.3 Å². The van der Waals surface area contributed by atoms with Gasteiger partial charge in [0.05, 0.1) is 0 Å². The molecule has 4 rings (SSSR count). The van der Waals surface area contributed by atoms with Gasteiger partial charge in [-0.1, -0.05) is 0 Å². The number of nitrogens with zero attached hydrogens (tertiary/aromatic N) is 1. The Kier molecular flexibility index (Phi) is 6.43. The van der Waals surface area contributed by atoms with Crippen molar-refractivity contribution in [3.05, 3.63) is 59.2 Å². The van der Waals surface area contributed by atoms with E-state index in [1.54, 1.807) is 12.1 Å². The Morgan fingerprint density at radius 3 is 1.73 bits per heavy atom. The lowest BCUT2D eigenvalue weighted by Crippen LogP contribution is -2.45. The standard InChI is InChI=1S/C22H24ClF2NO4/c23-26(11-17(27)21-5-1-13-9-15(24)3-7-19(13)29-21)12-18(28)22-6-2-14-10-16(25)4-8-20(14)30-22/h3-4,7-10,17-18,21-22,27-28H,1-2,5-6,11-12H2/t17-,18-,21+,22?/m0/s1. The average molecular weight is 440 g/mol. The van der Waals surface area contributed by atoms with Gasteiger partial charge >= 0.3 is 0 Å². The molecule has 4 atom stereocenters. The summed E-state index contributed by atoms with van der Waals surface area (Å²) in [5.74, 6) is 0.516. The Bertz CT molecular complexity index is 828. The fraction of sp³-hybridized carbons (Fsp3) is 0.455. The van der Waals surface area contributed by atoms with E-state index in [2.05, 4.69) is 0 Å².